The van der Waals surface area contributed by atoms with Crippen molar-refractivity contribution in [3.63, 3.8) is 0 Å². The van der Waals surface area contributed by atoms with Crippen LogP contribution >= 0.6 is 0 Å². The average molecular weight is 467 g/mol. The number of nitrogens with one attached hydrogen (secondary N) is 1. The number of rotatable bonds is 11. The van der Waals surface area contributed by atoms with Gasteiger partial charge in [0.2, 0.25) is 10.0 Å². The minimum atomic E-state index is -3.47. The van der Waals surface area contributed by atoms with Crippen molar-refractivity contribution in [2.24, 2.45) is 0 Å². The normalized spacial score (nSPS) is 12.1. The number of nitrogens with zero attached hydrogens (tertiary/aromatic N) is 1. The molecular formula is C26H30N2O4S. The Morgan fingerprint density at radius 2 is 1.48 bits per heavy atom. The van der Waals surface area contributed by atoms with E-state index in [9.17, 15) is 13.2 Å². The summed E-state index contributed by atoms with van der Waals surface area (Å²) in [5, 5.41) is 2.95. The molecule has 1 amide bonds. The zero-order chi connectivity index (χ0) is 23.7. The van der Waals surface area contributed by atoms with Gasteiger partial charge in [0.15, 0.2) is 6.61 Å². The van der Waals surface area contributed by atoms with Crippen LogP contribution < -0.4 is 14.4 Å². The van der Waals surface area contributed by atoms with Crippen molar-refractivity contribution in [3.05, 3.63) is 96.1 Å². The number of amides is 1. The zero-order valence-corrected chi connectivity index (χ0v) is 19.8. The Morgan fingerprint density at radius 1 is 0.909 bits per heavy atom. The largest absolute Gasteiger partial charge is 0.484 e. The Morgan fingerprint density at radius 3 is 2.06 bits per heavy atom. The number of hydrogen-bond donors (Lipinski definition) is 1. The van der Waals surface area contributed by atoms with E-state index in [-0.39, 0.29) is 25.1 Å². The van der Waals surface area contributed by atoms with E-state index in [1.165, 1.54) is 16.1 Å². The fraction of sp³-hybridized carbons (Fsp3) is 0.269. The third kappa shape index (κ3) is 7.95. The molecule has 0 saturated carbocycles. The van der Waals surface area contributed by atoms with Crippen LogP contribution in [-0.2, 0) is 27.8 Å². The summed E-state index contributed by atoms with van der Waals surface area (Å²) in [5.74, 6) is 0.306. The molecule has 0 fully saturated rings. The monoisotopic (exact) mass is 466 g/mol. The summed E-state index contributed by atoms with van der Waals surface area (Å²) in [4.78, 5) is 12.2. The van der Waals surface area contributed by atoms with E-state index in [4.69, 9.17) is 4.74 Å². The van der Waals surface area contributed by atoms with E-state index in [0.29, 0.717) is 11.4 Å². The SMILES string of the molecule is C[C@H](CCc1ccccc1)NC(=O)COc1ccc(N(Cc2ccccc2)S(C)(=O)=O)cc1. The lowest BCUT2D eigenvalue weighted by atomic mass is 10.1. The molecule has 3 aromatic rings. The predicted molar refractivity (Wildman–Crippen MR) is 132 cm³/mol. The maximum absolute atomic E-state index is 12.3. The first-order chi connectivity index (χ1) is 15.8. The van der Waals surface area contributed by atoms with Gasteiger partial charge in [0.05, 0.1) is 18.5 Å². The first kappa shape index (κ1) is 24.3. The highest BCUT2D eigenvalue weighted by Gasteiger charge is 2.18. The molecule has 0 unspecified atom stereocenters. The second kappa shape index (κ2) is 11.5. The summed E-state index contributed by atoms with van der Waals surface area (Å²) in [7, 11) is -3.47. The maximum Gasteiger partial charge on any atom is 0.258 e. The number of sulfonamides is 1. The van der Waals surface area contributed by atoms with Gasteiger partial charge in [-0.1, -0.05) is 60.7 Å². The van der Waals surface area contributed by atoms with E-state index in [2.05, 4.69) is 17.4 Å². The molecule has 7 heteroatoms. The highest BCUT2D eigenvalue weighted by Crippen LogP contribution is 2.23. The molecule has 33 heavy (non-hydrogen) atoms. The van der Waals surface area contributed by atoms with E-state index in [0.717, 1.165) is 18.4 Å². The molecule has 1 N–H and O–H groups in total. The van der Waals surface area contributed by atoms with Gasteiger partial charge in [-0.15, -0.1) is 0 Å². The van der Waals surface area contributed by atoms with Gasteiger partial charge in [0.25, 0.3) is 5.91 Å². The van der Waals surface area contributed by atoms with Crippen LogP contribution in [0.3, 0.4) is 0 Å². The number of carbonyl (C=O) groups is 1. The van der Waals surface area contributed by atoms with Crippen LogP contribution in [-0.4, -0.2) is 33.2 Å². The number of carbonyl (C=O) groups excluding carboxylic acids is 1. The third-order valence-electron chi connectivity index (χ3n) is 5.18. The molecule has 0 bridgehead atoms. The quantitative estimate of drug-likeness (QED) is 0.460. The molecule has 0 aliphatic rings. The Kier molecular flexibility index (Phi) is 8.49. The lowest BCUT2D eigenvalue weighted by molar-refractivity contribution is -0.123. The van der Waals surface area contributed by atoms with Crippen molar-refractivity contribution in [2.45, 2.75) is 32.4 Å². The number of hydrogen-bond acceptors (Lipinski definition) is 4. The van der Waals surface area contributed by atoms with Crippen molar-refractivity contribution in [3.8, 4) is 5.75 Å². The summed E-state index contributed by atoms with van der Waals surface area (Å²) >= 11 is 0. The molecule has 3 rings (SSSR count). The van der Waals surface area contributed by atoms with Crippen LogP contribution in [0.1, 0.15) is 24.5 Å². The lowest BCUT2D eigenvalue weighted by Gasteiger charge is -2.23. The van der Waals surface area contributed by atoms with Crippen LogP contribution in [0.15, 0.2) is 84.9 Å². The maximum atomic E-state index is 12.3. The second-order valence-electron chi connectivity index (χ2n) is 8.03. The molecule has 0 aliphatic carbocycles. The zero-order valence-electron chi connectivity index (χ0n) is 19.0. The molecule has 0 radical (unpaired) electrons. The topological polar surface area (TPSA) is 75.7 Å². The number of benzene rings is 3. The van der Waals surface area contributed by atoms with Crippen molar-refractivity contribution in [2.75, 3.05) is 17.2 Å². The average Bonchev–Trinajstić information content (AvgIpc) is 2.81. The molecule has 174 valence electrons. The van der Waals surface area contributed by atoms with E-state index < -0.39 is 10.0 Å². The van der Waals surface area contributed by atoms with Crippen LogP contribution in [0, 0.1) is 0 Å². The molecule has 3 aromatic carbocycles. The van der Waals surface area contributed by atoms with Crippen LogP contribution in [0.5, 0.6) is 5.75 Å². The molecule has 6 nitrogen and oxygen atoms in total. The Labute approximate surface area is 196 Å². The van der Waals surface area contributed by atoms with E-state index in [1.54, 1.807) is 24.3 Å². The van der Waals surface area contributed by atoms with Gasteiger partial charge < -0.3 is 10.1 Å². The van der Waals surface area contributed by atoms with E-state index >= 15 is 0 Å². The number of aryl methyl sites for hydroxylation is 1. The summed E-state index contributed by atoms with van der Waals surface area (Å²) < 4.78 is 31.6. The highest BCUT2D eigenvalue weighted by molar-refractivity contribution is 7.92. The van der Waals surface area contributed by atoms with Crippen molar-refractivity contribution in [1.82, 2.24) is 5.32 Å². The van der Waals surface area contributed by atoms with Gasteiger partial charge in [0, 0.05) is 6.04 Å². The second-order valence-corrected chi connectivity index (χ2v) is 9.94. The summed E-state index contributed by atoms with van der Waals surface area (Å²) in [5.41, 5.74) is 2.67. The summed E-state index contributed by atoms with van der Waals surface area (Å²) in [6, 6.07) is 26.3. The smallest absolute Gasteiger partial charge is 0.258 e. The van der Waals surface area contributed by atoms with Crippen LogP contribution in [0.25, 0.3) is 0 Å². The van der Waals surface area contributed by atoms with Gasteiger partial charge >= 0.3 is 0 Å². The minimum Gasteiger partial charge on any atom is -0.484 e. The Bertz CT molecular complexity index is 1120. The molecule has 0 heterocycles. The number of anilines is 1. The molecule has 0 spiro atoms. The minimum absolute atomic E-state index is 0.0324. The Hall–Kier alpha value is -3.32. The van der Waals surface area contributed by atoms with Crippen molar-refractivity contribution >= 4 is 21.6 Å². The van der Waals surface area contributed by atoms with Gasteiger partial charge in [-0.25, -0.2) is 8.42 Å². The molecule has 0 saturated heterocycles. The fourth-order valence-corrected chi connectivity index (χ4v) is 4.31. The van der Waals surface area contributed by atoms with Crippen LogP contribution in [0.4, 0.5) is 5.69 Å². The highest BCUT2D eigenvalue weighted by atomic mass is 32.2. The van der Waals surface area contributed by atoms with Gasteiger partial charge in [-0.3, -0.25) is 9.10 Å². The van der Waals surface area contributed by atoms with Crippen LogP contribution in [0.2, 0.25) is 0 Å². The summed E-state index contributed by atoms with van der Waals surface area (Å²) in [6.07, 6.45) is 2.92. The van der Waals surface area contributed by atoms with Gasteiger partial charge in [-0.2, -0.15) is 0 Å². The van der Waals surface area contributed by atoms with Crippen molar-refractivity contribution in [1.29, 1.82) is 0 Å². The first-order valence-corrected chi connectivity index (χ1v) is 12.7. The van der Waals surface area contributed by atoms with E-state index in [1.807, 2.05) is 55.5 Å². The van der Waals surface area contributed by atoms with Crippen molar-refractivity contribution < 1.29 is 17.9 Å². The predicted octanol–water partition coefficient (Wildman–Crippen LogP) is 4.17. The van der Waals surface area contributed by atoms with Gasteiger partial charge in [-0.05, 0) is 55.2 Å². The fourth-order valence-electron chi connectivity index (χ4n) is 3.42. The third-order valence-corrected chi connectivity index (χ3v) is 6.32. The lowest BCUT2D eigenvalue weighted by Crippen LogP contribution is -2.36. The molecule has 0 aliphatic heterocycles. The molecule has 1 atom stereocenters. The standard InChI is InChI=1S/C26H30N2O4S/c1-21(13-14-22-9-5-3-6-10-22)27-26(29)20-32-25-17-15-24(16-18-25)28(33(2,30)31)19-23-11-7-4-8-12-23/h3-12,15-18,21H,13-14,19-20H2,1-2H3,(H,27,29)/t21-/m1/s1. The van der Waals surface area contributed by atoms with Gasteiger partial charge in [0.1, 0.15) is 5.75 Å². The summed E-state index contributed by atoms with van der Waals surface area (Å²) in [6.45, 7) is 2.11. The Balaban J connectivity index is 1.51. The number of ether oxygens (including phenoxy) is 1. The molecular weight excluding hydrogens is 436 g/mol. The molecule has 0 aromatic heterocycles. The first-order valence-electron chi connectivity index (χ1n) is 10.9.